The van der Waals surface area contributed by atoms with E-state index in [0.717, 1.165) is 11.0 Å². The second-order valence-electron chi connectivity index (χ2n) is 5.74. The molecule has 0 bridgehead atoms. The molecule has 2 aromatic carbocycles. The number of aromatic amines is 1. The van der Waals surface area contributed by atoms with Crippen LogP contribution >= 0.6 is 23.4 Å². The van der Waals surface area contributed by atoms with Crippen molar-refractivity contribution in [1.29, 1.82) is 0 Å². The molecule has 7 nitrogen and oxygen atoms in total. The molecule has 1 amide bonds. The molecule has 4 rings (SSSR count). The number of imidazole rings is 1. The molecule has 0 saturated carbocycles. The largest absolute Gasteiger partial charge is 0.454 e. The Labute approximate surface area is 169 Å². The first-order valence-corrected chi connectivity index (χ1v) is 9.63. The van der Waals surface area contributed by atoms with Gasteiger partial charge in [0, 0.05) is 10.7 Å². The third-order valence-corrected chi connectivity index (χ3v) is 4.78. The number of halogens is 1. The lowest BCUT2D eigenvalue weighted by molar-refractivity contribution is -0.113. The second kappa shape index (κ2) is 8.28. The number of aromatic nitrogens is 4. The van der Waals surface area contributed by atoms with Crippen LogP contribution in [0.15, 0.2) is 66.3 Å². The zero-order valence-corrected chi connectivity index (χ0v) is 16.0. The van der Waals surface area contributed by atoms with Crippen LogP contribution in [0.3, 0.4) is 0 Å². The Morgan fingerprint density at radius 1 is 1.11 bits per heavy atom. The van der Waals surface area contributed by atoms with Crippen molar-refractivity contribution in [3.05, 3.63) is 66.2 Å². The van der Waals surface area contributed by atoms with E-state index >= 15 is 0 Å². The molecule has 0 spiro atoms. The van der Waals surface area contributed by atoms with Crippen molar-refractivity contribution in [3.63, 3.8) is 0 Å². The average Bonchev–Trinajstić information content (AvgIpc) is 3.11. The molecule has 0 saturated heterocycles. The van der Waals surface area contributed by atoms with Crippen LogP contribution in [0.25, 0.3) is 11.0 Å². The average molecular weight is 412 g/mol. The molecule has 0 unspecified atom stereocenters. The van der Waals surface area contributed by atoms with Crippen LogP contribution in [0.5, 0.6) is 11.5 Å². The third-order valence-electron chi connectivity index (χ3n) is 3.67. The van der Waals surface area contributed by atoms with E-state index in [9.17, 15) is 4.79 Å². The molecule has 2 heterocycles. The smallest absolute Gasteiger partial charge is 0.234 e. The van der Waals surface area contributed by atoms with Crippen molar-refractivity contribution in [2.24, 2.45) is 0 Å². The van der Waals surface area contributed by atoms with Gasteiger partial charge in [-0.05, 0) is 42.5 Å². The number of carbonyl (C=O) groups is 1. The summed E-state index contributed by atoms with van der Waals surface area (Å²) < 4.78 is 5.62. The number of amides is 1. The highest BCUT2D eigenvalue weighted by molar-refractivity contribution is 7.99. The van der Waals surface area contributed by atoms with Crippen LogP contribution in [0.4, 0.5) is 5.69 Å². The number of ether oxygens (including phenoxy) is 1. The van der Waals surface area contributed by atoms with Gasteiger partial charge >= 0.3 is 0 Å². The fourth-order valence-electron chi connectivity index (χ4n) is 2.44. The van der Waals surface area contributed by atoms with Crippen molar-refractivity contribution in [3.8, 4) is 11.5 Å². The summed E-state index contributed by atoms with van der Waals surface area (Å²) in [5.41, 5.74) is 2.33. The maximum absolute atomic E-state index is 12.2. The predicted octanol–water partition coefficient (Wildman–Crippen LogP) is 4.53. The number of fused-ring (bicyclic) bond motifs is 1. The lowest BCUT2D eigenvalue weighted by atomic mass is 10.3. The molecule has 0 aliphatic heterocycles. The van der Waals surface area contributed by atoms with Gasteiger partial charge in [-0.15, -0.1) is 0 Å². The highest BCUT2D eigenvalue weighted by Gasteiger charge is 2.08. The lowest BCUT2D eigenvalue weighted by Gasteiger charge is -2.07. The van der Waals surface area contributed by atoms with Crippen molar-refractivity contribution in [2.45, 2.75) is 5.16 Å². The summed E-state index contributed by atoms with van der Waals surface area (Å²) in [7, 11) is 0. The summed E-state index contributed by atoms with van der Waals surface area (Å²) in [6.45, 7) is 0. The van der Waals surface area contributed by atoms with Gasteiger partial charge < -0.3 is 15.0 Å². The number of hydrogen-bond donors (Lipinski definition) is 2. The van der Waals surface area contributed by atoms with E-state index in [1.54, 1.807) is 48.8 Å². The van der Waals surface area contributed by atoms with Gasteiger partial charge in [-0.3, -0.25) is 4.79 Å². The normalized spacial score (nSPS) is 10.8. The van der Waals surface area contributed by atoms with Crippen molar-refractivity contribution in [2.75, 3.05) is 11.1 Å². The Morgan fingerprint density at radius 3 is 2.68 bits per heavy atom. The SMILES string of the molecule is O=C(CSc1nc2ccc(Cl)cc2[nH]1)Nc1ccc(Oc2cncnc2)cc1. The molecular formula is C19H14ClN5O2S. The molecule has 0 fully saturated rings. The minimum absolute atomic E-state index is 0.131. The van der Waals surface area contributed by atoms with Crippen LogP contribution in [-0.4, -0.2) is 31.6 Å². The molecule has 0 aliphatic rings. The third kappa shape index (κ3) is 4.59. The summed E-state index contributed by atoms with van der Waals surface area (Å²) in [6, 6.07) is 12.5. The Kier molecular flexibility index (Phi) is 5.41. The van der Waals surface area contributed by atoms with Gasteiger partial charge in [0.1, 0.15) is 12.1 Å². The fourth-order valence-corrected chi connectivity index (χ4v) is 3.30. The Morgan fingerprint density at radius 2 is 1.89 bits per heavy atom. The molecule has 9 heteroatoms. The van der Waals surface area contributed by atoms with E-state index < -0.39 is 0 Å². The van der Waals surface area contributed by atoms with E-state index in [2.05, 4.69) is 25.3 Å². The number of nitrogens with one attached hydrogen (secondary N) is 2. The number of hydrogen-bond acceptors (Lipinski definition) is 6. The monoisotopic (exact) mass is 411 g/mol. The number of rotatable bonds is 6. The summed E-state index contributed by atoms with van der Waals surface area (Å²) in [4.78, 5) is 27.5. The van der Waals surface area contributed by atoms with Gasteiger partial charge in [0.2, 0.25) is 5.91 Å². The van der Waals surface area contributed by atoms with Crippen LogP contribution < -0.4 is 10.1 Å². The number of thioether (sulfide) groups is 1. The fraction of sp³-hybridized carbons (Fsp3) is 0.0526. The molecule has 0 aliphatic carbocycles. The minimum atomic E-state index is -0.131. The first kappa shape index (κ1) is 18.3. The zero-order chi connectivity index (χ0) is 19.3. The van der Waals surface area contributed by atoms with Crippen LogP contribution in [0.1, 0.15) is 0 Å². The predicted molar refractivity (Wildman–Crippen MR) is 109 cm³/mol. The zero-order valence-electron chi connectivity index (χ0n) is 14.4. The van der Waals surface area contributed by atoms with Gasteiger partial charge in [-0.25, -0.2) is 15.0 Å². The quantitative estimate of drug-likeness (QED) is 0.453. The molecule has 4 aromatic rings. The van der Waals surface area contributed by atoms with Crippen LogP contribution in [0.2, 0.25) is 5.02 Å². The Bertz CT molecular complexity index is 1100. The summed E-state index contributed by atoms with van der Waals surface area (Å²) in [6.07, 6.45) is 4.59. The molecule has 0 radical (unpaired) electrons. The first-order chi connectivity index (χ1) is 13.7. The van der Waals surface area contributed by atoms with Crippen LogP contribution in [-0.2, 0) is 4.79 Å². The highest BCUT2D eigenvalue weighted by Crippen LogP contribution is 2.24. The van der Waals surface area contributed by atoms with Gasteiger partial charge in [0.25, 0.3) is 0 Å². The maximum atomic E-state index is 12.2. The molecule has 28 heavy (non-hydrogen) atoms. The molecule has 2 aromatic heterocycles. The number of benzene rings is 2. The van der Waals surface area contributed by atoms with Gasteiger partial charge in [-0.2, -0.15) is 0 Å². The van der Waals surface area contributed by atoms with Crippen molar-refractivity contribution >= 4 is 46.0 Å². The number of carbonyl (C=O) groups excluding carboxylic acids is 1. The number of nitrogens with zero attached hydrogens (tertiary/aromatic N) is 3. The summed E-state index contributed by atoms with van der Waals surface area (Å²) in [5, 5.41) is 4.15. The number of anilines is 1. The summed E-state index contributed by atoms with van der Waals surface area (Å²) in [5.74, 6) is 1.27. The van der Waals surface area contributed by atoms with Gasteiger partial charge in [0.15, 0.2) is 10.9 Å². The first-order valence-electron chi connectivity index (χ1n) is 8.26. The summed E-state index contributed by atoms with van der Waals surface area (Å²) >= 11 is 7.29. The molecule has 0 atom stereocenters. The van der Waals surface area contributed by atoms with E-state index in [1.807, 2.05) is 6.07 Å². The Hall–Kier alpha value is -3.10. The molecule has 140 valence electrons. The topological polar surface area (TPSA) is 92.8 Å². The number of H-pyrrole nitrogens is 1. The van der Waals surface area contributed by atoms with Gasteiger partial charge in [-0.1, -0.05) is 23.4 Å². The second-order valence-corrected chi connectivity index (χ2v) is 7.14. The Balaban J connectivity index is 1.31. The van der Waals surface area contributed by atoms with Crippen molar-refractivity contribution < 1.29 is 9.53 Å². The van der Waals surface area contributed by atoms with E-state index in [4.69, 9.17) is 16.3 Å². The lowest BCUT2D eigenvalue weighted by Crippen LogP contribution is -2.13. The molecule has 2 N–H and O–H groups in total. The minimum Gasteiger partial charge on any atom is -0.454 e. The van der Waals surface area contributed by atoms with Crippen molar-refractivity contribution in [1.82, 2.24) is 19.9 Å². The standard InChI is InChI=1S/C19H14ClN5O2S/c20-12-1-6-16-17(7-12)25-19(24-16)28-10-18(26)23-13-2-4-14(5-3-13)27-15-8-21-11-22-9-15/h1-9,11H,10H2,(H,23,26)(H,24,25). The van der Waals surface area contributed by atoms with E-state index in [0.29, 0.717) is 27.4 Å². The highest BCUT2D eigenvalue weighted by atomic mass is 35.5. The maximum Gasteiger partial charge on any atom is 0.234 e. The van der Waals surface area contributed by atoms with Crippen LogP contribution in [0, 0.1) is 0 Å². The van der Waals surface area contributed by atoms with E-state index in [-0.39, 0.29) is 11.7 Å². The molecular weight excluding hydrogens is 398 g/mol. The van der Waals surface area contributed by atoms with Gasteiger partial charge in [0.05, 0.1) is 29.2 Å². The van der Waals surface area contributed by atoms with E-state index in [1.165, 1.54) is 18.1 Å².